The molecule has 1 nitrogen and oxygen atoms in total. The average Bonchev–Trinajstić information content (AvgIpc) is 2.15. The number of rotatable bonds is 1. The summed E-state index contributed by atoms with van der Waals surface area (Å²) in [5.74, 6) is -1.32. The third-order valence-electron chi connectivity index (χ3n) is 2.22. The Morgan fingerprint density at radius 3 is 2.25 bits per heavy atom. The van der Waals surface area contributed by atoms with E-state index in [4.69, 9.17) is 0 Å². The molecule has 2 aromatic rings. The molecule has 0 unspecified atom stereocenters. The van der Waals surface area contributed by atoms with Crippen LogP contribution in [0.25, 0.3) is 11.3 Å². The molecule has 0 aliphatic carbocycles. The van der Waals surface area contributed by atoms with Gasteiger partial charge < -0.3 is 0 Å². The molecule has 0 aliphatic rings. The van der Waals surface area contributed by atoms with Crippen molar-refractivity contribution in [2.45, 2.75) is 13.8 Å². The molecular weight excluding hydrogens is 208 g/mol. The summed E-state index contributed by atoms with van der Waals surface area (Å²) in [7, 11) is 0. The first-order valence-electron chi connectivity index (χ1n) is 4.88. The standard InChI is InChI=1S/C13H10F2N/c1-8-3-9(2)5-10(4-8)13-12(15)6-11(14)7-16-13/h4-7H,1-2H3. The molecule has 1 aromatic heterocycles. The van der Waals surface area contributed by atoms with Crippen LogP contribution in [0.4, 0.5) is 8.78 Å². The quantitative estimate of drug-likeness (QED) is 0.714. The molecule has 0 N–H and O–H groups in total. The van der Waals surface area contributed by atoms with Gasteiger partial charge in [0.25, 0.3) is 0 Å². The zero-order chi connectivity index (χ0) is 11.7. The number of hydrogen-bond acceptors (Lipinski definition) is 1. The third-order valence-corrected chi connectivity index (χ3v) is 2.22. The van der Waals surface area contributed by atoms with Crippen molar-refractivity contribution in [3.8, 4) is 11.3 Å². The second-order valence-electron chi connectivity index (χ2n) is 3.72. The van der Waals surface area contributed by atoms with Crippen LogP contribution < -0.4 is 0 Å². The molecule has 0 fully saturated rings. The average molecular weight is 218 g/mol. The highest BCUT2D eigenvalue weighted by molar-refractivity contribution is 5.61. The number of halogens is 2. The van der Waals surface area contributed by atoms with Gasteiger partial charge in [-0.1, -0.05) is 0 Å². The first-order valence-corrected chi connectivity index (χ1v) is 4.88. The lowest BCUT2D eigenvalue weighted by molar-refractivity contribution is 0.576. The van der Waals surface area contributed by atoms with Gasteiger partial charge in [0, 0.05) is 11.6 Å². The number of aromatic nitrogens is 1. The zero-order valence-electron chi connectivity index (χ0n) is 9.01. The molecule has 0 amide bonds. The first-order chi connectivity index (χ1) is 7.56. The summed E-state index contributed by atoms with van der Waals surface area (Å²) in [5, 5.41) is 0. The van der Waals surface area contributed by atoms with E-state index in [1.54, 1.807) is 12.1 Å². The normalized spacial score (nSPS) is 10.5. The molecular formula is C13H10F2N. The van der Waals surface area contributed by atoms with Crippen molar-refractivity contribution in [1.29, 1.82) is 0 Å². The Labute approximate surface area is 92.8 Å². The van der Waals surface area contributed by atoms with Gasteiger partial charge in [-0.2, -0.15) is 0 Å². The van der Waals surface area contributed by atoms with E-state index in [-0.39, 0.29) is 5.69 Å². The van der Waals surface area contributed by atoms with Crippen molar-refractivity contribution in [2.24, 2.45) is 0 Å². The Morgan fingerprint density at radius 2 is 1.69 bits per heavy atom. The van der Waals surface area contributed by atoms with Crippen LogP contribution in [0.2, 0.25) is 0 Å². The molecule has 1 aromatic carbocycles. The van der Waals surface area contributed by atoms with Gasteiger partial charge in [0.15, 0.2) is 5.82 Å². The molecule has 3 heteroatoms. The summed E-state index contributed by atoms with van der Waals surface area (Å²) < 4.78 is 26.2. The Balaban J connectivity index is 2.58. The van der Waals surface area contributed by atoms with E-state index in [0.717, 1.165) is 23.4 Å². The Kier molecular flexibility index (Phi) is 2.69. The summed E-state index contributed by atoms with van der Waals surface area (Å²) in [6.07, 6.45) is 1.01. The van der Waals surface area contributed by atoms with E-state index in [1.165, 1.54) is 0 Å². The molecule has 0 aliphatic heterocycles. The highest BCUT2D eigenvalue weighted by Gasteiger charge is 2.08. The van der Waals surface area contributed by atoms with Crippen LogP contribution in [0.5, 0.6) is 0 Å². The number of benzene rings is 1. The van der Waals surface area contributed by atoms with Crippen molar-refractivity contribution in [2.75, 3.05) is 0 Å². The van der Waals surface area contributed by atoms with Gasteiger partial charge >= 0.3 is 0 Å². The molecule has 0 bridgehead atoms. The van der Waals surface area contributed by atoms with Crippen LogP contribution in [0.15, 0.2) is 24.4 Å². The van der Waals surface area contributed by atoms with E-state index in [1.807, 2.05) is 13.8 Å². The molecule has 0 spiro atoms. The van der Waals surface area contributed by atoms with Crippen molar-refractivity contribution in [1.82, 2.24) is 4.98 Å². The molecule has 0 saturated carbocycles. The lowest BCUT2D eigenvalue weighted by Gasteiger charge is -2.05. The molecule has 16 heavy (non-hydrogen) atoms. The molecule has 81 valence electrons. The lowest BCUT2D eigenvalue weighted by Crippen LogP contribution is -1.92. The van der Waals surface area contributed by atoms with Crippen LogP contribution in [-0.4, -0.2) is 4.98 Å². The van der Waals surface area contributed by atoms with Gasteiger partial charge in [0.1, 0.15) is 11.5 Å². The van der Waals surface area contributed by atoms with E-state index < -0.39 is 11.6 Å². The summed E-state index contributed by atoms with van der Waals surface area (Å²) in [6.45, 7) is 3.75. The number of hydrogen-bond donors (Lipinski definition) is 0. The van der Waals surface area contributed by atoms with Crippen molar-refractivity contribution < 1.29 is 8.78 Å². The minimum absolute atomic E-state index is 0.168. The summed E-state index contributed by atoms with van der Waals surface area (Å²) in [6, 6.07) is 7.47. The third kappa shape index (κ3) is 2.08. The van der Waals surface area contributed by atoms with Crippen molar-refractivity contribution >= 4 is 0 Å². The largest absolute Gasteiger partial charge is 0.250 e. The maximum Gasteiger partial charge on any atom is 0.152 e. The maximum absolute atomic E-state index is 13.5. The Morgan fingerprint density at radius 1 is 1.06 bits per heavy atom. The monoisotopic (exact) mass is 218 g/mol. The second kappa shape index (κ2) is 4.00. The fourth-order valence-corrected chi connectivity index (χ4v) is 1.66. The summed E-state index contributed by atoms with van der Waals surface area (Å²) in [4.78, 5) is 3.77. The van der Waals surface area contributed by atoms with Crippen molar-refractivity contribution in [3.63, 3.8) is 0 Å². The fourth-order valence-electron chi connectivity index (χ4n) is 1.66. The Hall–Kier alpha value is -1.77. The van der Waals surface area contributed by atoms with E-state index >= 15 is 0 Å². The number of aryl methyl sites for hydroxylation is 2. The summed E-state index contributed by atoms with van der Waals surface area (Å²) in [5.41, 5.74) is 2.62. The van der Waals surface area contributed by atoms with E-state index in [9.17, 15) is 8.78 Å². The van der Waals surface area contributed by atoms with Crippen LogP contribution in [0.3, 0.4) is 0 Å². The van der Waals surface area contributed by atoms with Crippen molar-refractivity contribution in [3.05, 3.63) is 53.2 Å². The predicted molar refractivity (Wildman–Crippen MR) is 57.9 cm³/mol. The van der Waals surface area contributed by atoms with Crippen LogP contribution in [0.1, 0.15) is 11.1 Å². The molecule has 2 rings (SSSR count). The molecule has 0 atom stereocenters. The SMILES string of the molecule is Cc1[c]c(C)cc(-c2ncc(F)cc2F)c1. The smallest absolute Gasteiger partial charge is 0.152 e. The lowest BCUT2D eigenvalue weighted by atomic mass is 10.0. The van der Waals surface area contributed by atoms with Crippen LogP contribution in [0, 0.1) is 31.5 Å². The van der Waals surface area contributed by atoms with E-state index in [2.05, 4.69) is 11.1 Å². The second-order valence-corrected chi connectivity index (χ2v) is 3.72. The number of pyridine rings is 1. The first kappa shape index (κ1) is 10.7. The highest BCUT2D eigenvalue weighted by Crippen LogP contribution is 2.22. The van der Waals surface area contributed by atoms with Crippen LogP contribution in [-0.2, 0) is 0 Å². The van der Waals surface area contributed by atoms with Crippen LogP contribution >= 0.6 is 0 Å². The summed E-state index contributed by atoms with van der Waals surface area (Å²) >= 11 is 0. The van der Waals surface area contributed by atoms with E-state index in [0.29, 0.717) is 5.56 Å². The number of nitrogens with zero attached hydrogens (tertiary/aromatic N) is 1. The predicted octanol–water partition coefficient (Wildman–Crippen LogP) is 3.44. The van der Waals surface area contributed by atoms with Gasteiger partial charge in [-0.05, 0) is 43.2 Å². The molecule has 0 saturated heterocycles. The van der Waals surface area contributed by atoms with Gasteiger partial charge in [-0.25, -0.2) is 8.78 Å². The minimum Gasteiger partial charge on any atom is -0.250 e. The fraction of sp³-hybridized carbons (Fsp3) is 0.154. The Bertz CT molecular complexity index is 515. The van der Waals surface area contributed by atoms with Gasteiger partial charge in [-0.15, -0.1) is 0 Å². The van der Waals surface area contributed by atoms with Gasteiger partial charge in [0.2, 0.25) is 0 Å². The van der Waals surface area contributed by atoms with Gasteiger partial charge in [0.05, 0.1) is 6.20 Å². The minimum atomic E-state index is -0.669. The maximum atomic E-state index is 13.5. The highest BCUT2D eigenvalue weighted by atomic mass is 19.1. The molecule has 1 heterocycles. The zero-order valence-corrected chi connectivity index (χ0v) is 9.01. The topological polar surface area (TPSA) is 12.9 Å². The van der Waals surface area contributed by atoms with Gasteiger partial charge in [-0.3, -0.25) is 4.98 Å². The molecule has 1 radical (unpaired) electrons.